The lowest BCUT2D eigenvalue weighted by Crippen LogP contribution is -1.97. The van der Waals surface area contributed by atoms with E-state index < -0.39 is 0 Å². The molecule has 2 heteroatoms. The molecule has 1 aromatic heterocycles. The van der Waals surface area contributed by atoms with Gasteiger partial charge in [-0.15, -0.1) is 0 Å². The van der Waals surface area contributed by atoms with Crippen molar-refractivity contribution in [3.63, 3.8) is 0 Å². The van der Waals surface area contributed by atoms with E-state index in [1.807, 2.05) is 0 Å². The fraction of sp³-hybridized carbons (Fsp3) is 0.174. The molecule has 0 fully saturated rings. The fourth-order valence-corrected chi connectivity index (χ4v) is 3.74. The lowest BCUT2D eigenvalue weighted by molar-refractivity contribution is 1.21. The Morgan fingerprint density at radius 2 is 1.68 bits per heavy atom. The van der Waals surface area contributed by atoms with Crippen molar-refractivity contribution >= 4 is 22.1 Å². The number of benzene rings is 2. The van der Waals surface area contributed by atoms with Gasteiger partial charge in [-0.05, 0) is 67.3 Å². The molecule has 0 unspecified atom stereocenters. The third-order valence-corrected chi connectivity index (χ3v) is 4.78. The average Bonchev–Trinajstić information content (AvgIpc) is 3.09. The maximum atomic E-state index is 4.86. The van der Waals surface area contributed by atoms with Gasteiger partial charge >= 0.3 is 0 Å². The van der Waals surface area contributed by atoms with Crippen LogP contribution in [0.5, 0.6) is 0 Å². The summed E-state index contributed by atoms with van der Waals surface area (Å²) in [5, 5.41) is 2.51. The van der Waals surface area contributed by atoms with Crippen molar-refractivity contribution in [2.45, 2.75) is 27.7 Å². The summed E-state index contributed by atoms with van der Waals surface area (Å²) in [6.07, 6.45) is 2.16. The zero-order valence-corrected chi connectivity index (χ0v) is 15.1. The van der Waals surface area contributed by atoms with Gasteiger partial charge in [-0.25, -0.2) is 0 Å². The third-order valence-electron chi connectivity index (χ3n) is 4.78. The van der Waals surface area contributed by atoms with E-state index in [-0.39, 0.29) is 0 Å². The molecule has 0 saturated carbocycles. The summed E-state index contributed by atoms with van der Waals surface area (Å²) in [6.45, 7) is 8.47. The molecule has 3 aromatic rings. The second kappa shape index (κ2) is 5.89. The molecule has 0 spiro atoms. The molecular weight excluding hydrogens is 304 g/mol. The number of H-pyrrole nitrogens is 1. The summed E-state index contributed by atoms with van der Waals surface area (Å²) >= 11 is 0. The molecule has 0 atom stereocenters. The van der Waals surface area contributed by atoms with Crippen LogP contribution in [-0.2, 0) is 0 Å². The zero-order chi connectivity index (χ0) is 17.6. The SMILES string of the molecule is CC1=CC(C)=N/C1=C(\c1[nH]c(C)cc1C)c1cccc2ccccc12. The highest BCUT2D eigenvalue weighted by Gasteiger charge is 2.21. The second-order valence-electron chi connectivity index (χ2n) is 6.84. The van der Waals surface area contributed by atoms with Gasteiger partial charge in [0.1, 0.15) is 0 Å². The number of aromatic amines is 1. The Labute approximate surface area is 148 Å². The molecule has 2 heterocycles. The fourth-order valence-electron chi connectivity index (χ4n) is 3.74. The first-order valence-electron chi connectivity index (χ1n) is 8.67. The van der Waals surface area contributed by atoms with E-state index in [2.05, 4.69) is 87.3 Å². The number of fused-ring (bicyclic) bond motifs is 1. The molecule has 25 heavy (non-hydrogen) atoms. The molecule has 1 aliphatic heterocycles. The first kappa shape index (κ1) is 15.6. The van der Waals surface area contributed by atoms with E-state index >= 15 is 0 Å². The second-order valence-corrected chi connectivity index (χ2v) is 6.84. The predicted molar refractivity (Wildman–Crippen MR) is 107 cm³/mol. The van der Waals surface area contributed by atoms with Crippen LogP contribution in [0.3, 0.4) is 0 Å². The minimum atomic E-state index is 1.06. The van der Waals surface area contributed by atoms with Crippen LogP contribution in [0.15, 0.2) is 70.9 Å². The van der Waals surface area contributed by atoms with Crippen molar-refractivity contribution in [1.29, 1.82) is 0 Å². The first-order chi connectivity index (χ1) is 12.0. The molecule has 0 bridgehead atoms. The number of rotatable bonds is 2. The van der Waals surface area contributed by atoms with Gasteiger partial charge in [0.2, 0.25) is 0 Å². The molecular formula is C23H22N2. The number of nitrogens with one attached hydrogen (secondary N) is 1. The van der Waals surface area contributed by atoms with Crippen LogP contribution in [0.2, 0.25) is 0 Å². The van der Waals surface area contributed by atoms with Crippen LogP contribution in [-0.4, -0.2) is 10.7 Å². The van der Waals surface area contributed by atoms with Gasteiger partial charge in [0, 0.05) is 17.0 Å². The largest absolute Gasteiger partial charge is 0.358 e. The first-order valence-corrected chi connectivity index (χ1v) is 8.67. The highest BCUT2D eigenvalue weighted by atomic mass is 14.8. The third kappa shape index (κ3) is 2.64. The van der Waals surface area contributed by atoms with Crippen LogP contribution < -0.4 is 0 Å². The Balaban J connectivity index is 2.11. The van der Waals surface area contributed by atoms with Crippen LogP contribution in [0.1, 0.15) is 36.4 Å². The predicted octanol–water partition coefficient (Wildman–Crippen LogP) is 5.96. The summed E-state index contributed by atoms with van der Waals surface area (Å²) in [7, 11) is 0. The lowest BCUT2D eigenvalue weighted by atomic mass is 9.92. The van der Waals surface area contributed by atoms with Crippen molar-refractivity contribution in [2.24, 2.45) is 4.99 Å². The van der Waals surface area contributed by atoms with Crippen molar-refractivity contribution < 1.29 is 0 Å². The van der Waals surface area contributed by atoms with Crippen molar-refractivity contribution in [1.82, 2.24) is 4.98 Å². The van der Waals surface area contributed by atoms with Gasteiger partial charge in [-0.3, -0.25) is 4.99 Å². The molecule has 2 nitrogen and oxygen atoms in total. The van der Waals surface area contributed by atoms with Crippen LogP contribution in [0.25, 0.3) is 16.3 Å². The van der Waals surface area contributed by atoms with Gasteiger partial charge in [-0.1, -0.05) is 42.5 Å². The topological polar surface area (TPSA) is 28.1 Å². The number of nitrogens with zero attached hydrogens (tertiary/aromatic N) is 1. The highest BCUT2D eigenvalue weighted by Crippen LogP contribution is 2.37. The smallest absolute Gasteiger partial charge is 0.0762 e. The minimum absolute atomic E-state index is 1.06. The normalized spacial score (nSPS) is 16.2. The molecule has 2 aromatic carbocycles. The Morgan fingerprint density at radius 3 is 2.36 bits per heavy atom. The minimum Gasteiger partial charge on any atom is -0.358 e. The number of hydrogen-bond donors (Lipinski definition) is 1. The summed E-state index contributed by atoms with van der Waals surface area (Å²) in [5.41, 5.74) is 9.34. The van der Waals surface area contributed by atoms with Crippen LogP contribution >= 0.6 is 0 Å². The van der Waals surface area contributed by atoms with Crippen molar-refractivity contribution in [2.75, 3.05) is 0 Å². The maximum Gasteiger partial charge on any atom is 0.0762 e. The molecule has 0 saturated heterocycles. The summed E-state index contributed by atoms with van der Waals surface area (Å²) < 4.78 is 0. The Kier molecular flexibility index (Phi) is 3.69. The van der Waals surface area contributed by atoms with E-state index in [0.717, 1.165) is 17.1 Å². The van der Waals surface area contributed by atoms with E-state index in [0.29, 0.717) is 0 Å². The van der Waals surface area contributed by atoms with E-state index in [9.17, 15) is 0 Å². The van der Waals surface area contributed by atoms with Crippen LogP contribution in [0, 0.1) is 13.8 Å². The summed E-state index contributed by atoms with van der Waals surface area (Å²) in [4.78, 5) is 8.43. The Morgan fingerprint density at radius 1 is 0.920 bits per heavy atom. The molecule has 124 valence electrons. The Bertz CT molecular complexity index is 1070. The standard InChI is InChI=1S/C23H22N2/c1-14-12-16(3)24-22(14)21(23-15(2)13-17(4)25-23)20-11-7-9-18-8-5-6-10-19(18)20/h5-13,24H,1-4H3/b23-21-. The van der Waals surface area contributed by atoms with E-state index in [1.54, 1.807) is 0 Å². The van der Waals surface area contributed by atoms with Gasteiger partial charge in [0.15, 0.2) is 0 Å². The Hall–Kier alpha value is -2.87. The number of aliphatic imine (C=N–C) groups is 1. The number of aryl methyl sites for hydroxylation is 2. The number of hydrogen-bond acceptors (Lipinski definition) is 1. The summed E-state index contributed by atoms with van der Waals surface area (Å²) in [5.74, 6) is 0. The lowest BCUT2D eigenvalue weighted by Gasteiger charge is -2.14. The van der Waals surface area contributed by atoms with Gasteiger partial charge < -0.3 is 4.98 Å². The quantitative estimate of drug-likeness (QED) is 0.601. The van der Waals surface area contributed by atoms with Crippen molar-refractivity contribution in [3.8, 4) is 0 Å². The molecule has 4 rings (SSSR count). The van der Waals surface area contributed by atoms with E-state index in [4.69, 9.17) is 4.99 Å². The molecule has 0 radical (unpaired) electrons. The summed E-state index contributed by atoms with van der Waals surface area (Å²) in [6, 6.07) is 17.3. The van der Waals surface area contributed by atoms with E-state index in [1.165, 1.54) is 38.7 Å². The number of aromatic nitrogens is 1. The average molecular weight is 326 g/mol. The zero-order valence-electron chi connectivity index (χ0n) is 15.1. The molecule has 0 aliphatic carbocycles. The maximum absolute atomic E-state index is 4.86. The monoisotopic (exact) mass is 326 g/mol. The van der Waals surface area contributed by atoms with Crippen LogP contribution in [0.4, 0.5) is 0 Å². The van der Waals surface area contributed by atoms with Gasteiger partial charge in [-0.2, -0.15) is 0 Å². The van der Waals surface area contributed by atoms with Crippen molar-refractivity contribution in [3.05, 3.63) is 88.4 Å². The molecule has 1 N–H and O–H groups in total. The highest BCUT2D eigenvalue weighted by molar-refractivity contribution is 6.04. The van der Waals surface area contributed by atoms with Gasteiger partial charge in [0.05, 0.1) is 11.4 Å². The molecule has 0 amide bonds. The molecule has 1 aliphatic rings. The number of allylic oxidation sites excluding steroid dienone is 2. The van der Waals surface area contributed by atoms with Gasteiger partial charge in [0.25, 0.3) is 0 Å².